The first-order valence-electron chi connectivity index (χ1n) is 6.80. The number of aryl methyl sites for hydroxylation is 1. The average molecular weight is 281 g/mol. The summed E-state index contributed by atoms with van der Waals surface area (Å²) in [5.41, 5.74) is 7.41. The number of rotatable bonds is 4. The molecule has 0 aromatic carbocycles. The van der Waals surface area contributed by atoms with Crippen LogP contribution in [0.1, 0.15) is 24.2 Å². The van der Waals surface area contributed by atoms with E-state index in [2.05, 4.69) is 21.0 Å². The van der Waals surface area contributed by atoms with E-state index in [4.69, 9.17) is 10.5 Å². The maximum atomic E-state index is 9.28. The molecule has 0 spiro atoms. The van der Waals surface area contributed by atoms with Crippen LogP contribution in [0.25, 0.3) is 11.1 Å². The Hall–Kier alpha value is -2.68. The van der Waals surface area contributed by atoms with E-state index >= 15 is 0 Å². The number of hydrogen-bond acceptors (Lipinski definition) is 6. The van der Waals surface area contributed by atoms with E-state index in [0.29, 0.717) is 40.9 Å². The van der Waals surface area contributed by atoms with Gasteiger partial charge in [-0.1, -0.05) is 0 Å². The van der Waals surface area contributed by atoms with E-state index in [1.807, 2.05) is 0 Å². The molecule has 2 aromatic heterocycles. The van der Waals surface area contributed by atoms with Gasteiger partial charge in [0, 0.05) is 18.0 Å². The van der Waals surface area contributed by atoms with E-state index in [1.54, 1.807) is 25.4 Å². The van der Waals surface area contributed by atoms with Crippen LogP contribution in [0.2, 0.25) is 0 Å². The lowest BCUT2D eigenvalue weighted by atomic mass is 10.0. The predicted molar refractivity (Wildman–Crippen MR) is 77.3 cm³/mol. The molecule has 0 aliphatic heterocycles. The molecule has 1 fully saturated rings. The van der Waals surface area contributed by atoms with Crippen molar-refractivity contribution in [3.8, 4) is 23.1 Å². The van der Waals surface area contributed by atoms with Crippen molar-refractivity contribution in [2.24, 2.45) is 5.92 Å². The van der Waals surface area contributed by atoms with Crippen LogP contribution in [0.4, 0.5) is 5.82 Å². The Labute approximate surface area is 122 Å². The topological polar surface area (TPSA) is 97.7 Å². The second-order valence-corrected chi connectivity index (χ2v) is 5.12. The van der Waals surface area contributed by atoms with Crippen molar-refractivity contribution in [1.82, 2.24) is 15.0 Å². The first-order chi connectivity index (χ1) is 10.2. The molecule has 1 aliphatic carbocycles. The van der Waals surface area contributed by atoms with Crippen LogP contribution in [0.5, 0.6) is 5.88 Å². The van der Waals surface area contributed by atoms with E-state index in [-0.39, 0.29) is 5.82 Å². The van der Waals surface area contributed by atoms with Gasteiger partial charge in [-0.2, -0.15) is 10.2 Å². The molecule has 2 aromatic rings. The highest BCUT2D eigenvalue weighted by Crippen LogP contribution is 2.34. The fourth-order valence-corrected chi connectivity index (χ4v) is 2.05. The van der Waals surface area contributed by atoms with Gasteiger partial charge in [0.05, 0.1) is 12.2 Å². The number of nitrogen functional groups attached to an aromatic ring is 1. The Balaban J connectivity index is 2.04. The van der Waals surface area contributed by atoms with Gasteiger partial charge in [-0.15, -0.1) is 0 Å². The molecule has 21 heavy (non-hydrogen) atoms. The summed E-state index contributed by atoms with van der Waals surface area (Å²) in [6.45, 7) is 2.45. The standard InChI is InChI=1S/C15H15N5O/c1-9-19-7-13(15(20-9)21-8-10-2-3-10)11-4-5-18-14(17)12(11)6-16/h4-5,7,10H,2-3,8H2,1H3,(H2,17,18). The van der Waals surface area contributed by atoms with Gasteiger partial charge in [0.2, 0.25) is 5.88 Å². The quantitative estimate of drug-likeness (QED) is 0.921. The zero-order valence-corrected chi connectivity index (χ0v) is 11.7. The van der Waals surface area contributed by atoms with E-state index in [0.717, 1.165) is 0 Å². The molecule has 3 rings (SSSR count). The minimum absolute atomic E-state index is 0.198. The SMILES string of the molecule is Cc1ncc(-c2ccnc(N)c2C#N)c(OCC2CC2)n1. The normalized spacial score (nSPS) is 13.7. The Bertz CT molecular complexity index is 718. The summed E-state index contributed by atoms with van der Waals surface area (Å²) in [6, 6.07) is 3.81. The molecule has 0 bridgehead atoms. The molecule has 6 nitrogen and oxygen atoms in total. The van der Waals surface area contributed by atoms with Crippen molar-refractivity contribution >= 4 is 5.82 Å². The van der Waals surface area contributed by atoms with Gasteiger partial charge in [0.1, 0.15) is 23.3 Å². The molecular weight excluding hydrogens is 266 g/mol. The predicted octanol–water partition coefficient (Wildman–Crippen LogP) is 2.09. The lowest BCUT2D eigenvalue weighted by Gasteiger charge is -2.12. The van der Waals surface area contributed by atoms with Gasteiger partial charge in [-0.3, -0.25) is 0 Å². The Morgan fingerprint density at radius 3 is 2.90 bits per heavy atom. The molecule has 106 valence electrons. The first kappa shape index (κ1) is 13.3. The molecule has 0 radical (unpaired) electrons. The van der Waals surface area contributed by atoms with Crippen molar-refractivity contribution in [3.05, 3.63) is 29.8 Å². The lowest BCUT2D eigenvalue weighted by molar-refractivity contribution is 0.288. The van der Waals surface area contributed by atoms with Crippen molar-refractivity contribution in [2.75, 3.05) is 12.3 Å². The number of hydrogen-bond donors (Lipinski definition) is 1. The third-order valence-corrected chi connectivity index (χ3v) is 3.41. The Morgan fingerprint density at radius 1 is 1.38 bits per heavy atom. The molecule has 1 saturated carbocycles. The Kier molecular flexibility index (Phi) is 3.40. The molecule has 1 aliphatic rings. The molecule has 2 heterocycles. The van der Waals surface area contributed by atoms with Gasteiger partial charge in [-0.05, 0) is 31.7 Å². The zero-order valence-electron chi connectivity index (χ0n) is 11.7. The van der Waals surface area contributed by atoms with Crippen LogP contribution in [0, 0.1) is 24.2 Å². The van der Waals surface area contributed by atoms with Crippen molar-refractivity contribution < 1.29 is 4.74 Å². The number of aromatic nitrogens is 3. The molecule has 6 heteroatoms. The summed E-state index contributed by atoms with van der Waals surface area (Å²) in [4.78, 5) is 12.5. The summed E-state index contributed by atoms with van der Waals surface area (Å²) in [7, 11) is 0. The van der Waals surface area contributed by atoms with Crippen molar-refractivity contribution in [2.45, 2.75) is 19.8 Å². The summed E-state index contributed by atoms with van der Waals surface area (Å²) < 4.78 is 5.81. The van der Waals surface area contributed by atoms with Crippen molar-refractivity contribution in [3.63, 3.8) is 0 Å². The van der Waals surface area contributed by atoms with Gasteiger partial charge in [-0.25, -0.2) is 9.97 Å². The minimum Gasteiger partial charge on any atom is -0.477 e. The summed E-state index contributed by atoms with van der Waals surface area (Å²) in [6.07, 6.45) is 5.63. The van der Waals surface area contributed by atoms with Crippen LogP contribution < -0.4 is 10.5 Å². The number of pyridine rings is 1. The summed E-state index contributed by atoms with van der Waals surface area (Å²) in [5.74, 6) is 1.94. The third-order valence-electron chi connectivity index (χ3n) is 3.41. The first-order valence-corrected chi connectivity index (χ1v) is 6.80. The van der Waals surface area contributed by atoms with Gasteiger partial charge in [0.25, 0.3) is 0 Å². The molecule has 0 saturated heterocycles. The van der Waals surface area contributed by atoms with E-state index in [9.17, 15) is 5.26 Å². The van der Waals surface area contributed by atoms with Gasteiger partial charge >= 0.3 is 0 Å². The minimum atomic E-state index is 0.198. The second-order valence-electron chi connectivity index (χ2n) is 5.12. The van der Waals surface area contributed by atoms with Crippen LogP contribution in [-0.4, -0.2) is 21.6 Å². The maximum Gasteiger partial charge on any atom is 0.224 e. The molecule has 2 N–H and O–H groups in total. The van der Waals surface area contributed by atoms with Crippen LogP contribution in [0.3, 0.4) is 0 Å². The van der Waals surface area contributed by atoms with Crippen LogP contribution >= 0.6 is 0 Å². The van der Waals surface area contributed by atoms with Crippen molar-refractivity contribution in [1.29, 1.82) is 5.26 Å². The molecule has 0 unspecified atom stereocenters. The smallest absolute Gasteiger partial charge is 0.224 e. The van der Waals surface area contributed by atoms with Crippen LogP contribution in [-0.2, 0) is 0 Å². The highest BCUT2D eigenvalue weighted by atomic mass is 16.5. The number of nitrogens with two attached hydrogens (primary N) is 1. The fraction of sp³-hybridized carbons (Fsp3) is 0.333. The van der Waals surface area contributed by atoms with E-state index < -0.39 is 0 Å². The summed E-state index contributed by atoms with van der Waals surface area (Å²) >= 11 is 0. The molecule has 0 atom stereocenters. The lowest BCUT2D eigenvalue weighted by Crippen LogP contribution is -2.05. The highest BCUT2D eigenvalue weighted by Gasteiger charge is 2.23. The molecular formula is C15H15N5O. The number of nitrogens with zero attached hydrogens (tertiary/aromatic N) is 4. The zero-order chi connectivity index (χ0) is 14.8. The number of ether oxygens (including phenoxy) is 1. The monoisotopic (exact) mass is 281 g/mol. The largest absolute Gasteiger partial charge is 0.477 e. The summed E-state index contributed by atoms with van der Waals surface area (Å²) in [5, 5.41) is 9.28. The van der Waals surface area contributed by atoms with Gasteiger partial charge < -0.3 is 10.5 Å². The van der Waals surface area contributed by atoms with Crippen LogP contribution in [0.15, 0.2) is 18.5 Å². The highest BCUT2D eigenvalue weighted by molar-refractivity contribution is 5.77. The van der Waals surface area contributed by atoms with E-state index in [1.165, 1.54) is 12.8 Å². The average Bonchev–Trinajstić information content (AvgIpc) is 3.29. The van der Waals surface area contributed by atoms with Gasteiger partial charge in [0.15, 0.2) is 0 Å². The maximum absolute atomic E-state index is 9.28. The third kappa shape index (κ3) is 2.77. The number of anilines is 1. The second kappa shape index (κ2) is 5.37. The number of nitriles is 1. The fourth-order valence-electron chi connectivity index (χ4n) is 2.05. The Morgan fingerprint density at radius 2 is 2.19 bits per heavy atom. The molecule has 0 amide bonds.